The van der Waals surface area contributed by atoms with Gasteiger partial charge >= 0.3 is 0 Å². The Morgan fingerprint density at radius 2 is 0.971 bits per heavy atom. The van der Waals surface area contributed by atoms with Crippen molar-refractivity contribution in [1.29, 1.82) is 0 Å². The van der Waals surface area contributed by atoms with E-state index in [-0.39, 0.29) is 5.82 Å². The Kier molecular flexibility index (Phi) is 5.25. The van der Waals surface area contributed by atoms with Crippen LogP contribution in [0.25, 0.3) is 54.2 Å². The molecular weight excluding hydrogens is 437 g/mol. The molecule has 0 aliphatic rings. The number of hydrogen-bond acceptors (Lipinski definition) is 2. The second-order valence-electron chi connectivity index (χ2n) is 8.23. The van der Waals surface area contributed by atoms with Crippen LogP contribution in [0.3, 0.4) is 0 Å². The molecule has 0 bridgehead atoms. The van der Waals surface area contributed by atoms with Crippen molar-refractivity contribution in [2.45, 2.75) is 0 Å². The maximum absolute atomic E-state index is 13.2. The van der Waals surface area contributed by atoms with Crippen LogP contribution in [0.2, 0.25) is 0 Å². The van der Waals surface area contributed by atoms with E-state index in [1.54, 1.807) is 11.3 Å². The molecule has 0 saturated carbocycles. The summed E-state index contributed by atoms with van der Waals surface area (Å²) in [6, 6.07) is 40.5. The quantitative estimate of drug-likeness (QED) is 0.257. The number of benzene rings is 5. The van der Waals surface area contributed by atoms with E-state index in [4.69, 9.17) is 4.98 Å². The van der Waals surface area contributed by atoms with E-state index in [9.17, 15) is 4.39 Å². The number of aromatic nitrogens is 1. The van der Waals surface area contributed by atoms with Gasteiger partial charge in [0.25, 0.3) is 0 Å². The normalized spacial score (nSPS) is 11.1. The lowest BCUT2D eigenvalue weighted by Crippen LogP contribution is -1.84. The molecule has 162 valence electrons. The average molecular weight is 458 g/mol. The van der Waals surface area contributed by atoms with Crippen LogP contribution in [0.1, 0.15) is 0 Å². The standard InChI is InChI=1S/C31H20FNS/c32-28-18-16-22(17-19-28)21-8-10-23(11-9-21)26-4-3-5-27(20-26)24-12-14-25(15-13-24)31-33-29-6-1-2-7-30(29)34-31/h1-20H. The van der Waals surface area contributed by atoms with Gasteiger partial charge in [-0.25, -0.2) is 9.37 Å². The Balaban J connectivity index is 1.26. The molecule has 0 N–H and O–H groups in total. The van der Waals surface area contributed by atoms with Crippen molar-refractivity contribution in [3.63, 3.8) is 0 Å². The maximum atomic E-state index is 13.2. The molecule has 6 rings (SSSR count). The van der Waals surface area contributed by atoms with E-state index >= 15 is 0 Å². The van der Waals surface area contributed by atoms with E-state index in [1.807, 2.05) is 18.2 Å². The fourth-order valence-electron chi connectivity index (χ4n) is 4.18. The van der Waals surface area contributed by atoms with Crippen LogP contribution >= 0.6 is 11.3 Å². The highest BCUT2D eigenvalue weighted by molar-refractivity contribution is 7.21. The van der Waals surface area contributed by atoms with Crippen molar-refractivity contribution < 1.29 is 4.39 Å². The smallest absolute Gasteiger partial charge is 0.124 e. The minimum absolute atomic E-state index is 0.217. The molecule has 0 amide bonds. The lowest BCUT2D eigenvalue weighted by molar-refractivity contribution is 0.628. The molecule has 34 heavy (non-hydrogen) atoms. The third-order valence-electron chi connectivity index (χ3n) is 6.02. The Bertz CT molecular complexity index is 1550. The fraction of sp³-hybridized carbons (Fsp3) is 0. The molecular formula is C31H20FNS. The zero-order valence-corrected chi connectivity index (χ0v) is 19.1. The summed E-state index contributed by atoms with van der Waals surface area (Å²) in [4.78, 5) is 4.77. The van der Waals surface area contributed by atoms with Gasteiger partial charge in [0.05, 0.1) is 10.2 Å². The topological polar surface area (TPSA) is 12.9 Å². The molecule has 0 saturated heterocycles. The average Bonchev–Trinajstić information content (AvgIpc) is 3.34. The first kappa shape index (κ1) is 20.5. The number of nitrogens with zero attached hydrogens (tertiary/aromatic N) is 1. The Labute approximate surface area is 201 Å². The minimum atomic E-state index is -0.217. The van der Waals surface area contributed by atoms with Crippen molar-refractivity contribution in [3.8, 4) is 44.0 Å². The molecule has 0 spiro atoms. The van der Waals surface area contributed by atoms with Crippen molar-refractivity contribution in [2.24, 2.45) is 0 Å². The van der Waals surface area contributed by atoms with Crippen molar-refractivity contribution in [3.05, 3.63) is 127 Å². The van der Waals surface area contributed by atoms with Gasteiger partial charge in [0.15, 0.2) is 0 Å². The summed E-state index contributed by atoms with van der Waals surface area (Å²) < 4.78 is 14.4. The number of para-hydroxylation sites is 1. The van der Waals surface area contributed by atoms with Crippen LogP contribution in [0.4, 0.5) is 4.39 Å². The van der Waals surface area contributed by atoms with Crippen LogP contribution < -0.4 is 0 Å². The minimum Gasteiger partial charge on any atom is -0.236 e. The molecule has 6 aromatic rings. The summed E-state index contributed by atoms with van der Waals surface area (Å²) in [5, 5.41) is 1.04. The second-order valence-corrected chi connectivity index (χ2v) is 9.26. The molecule has 0 fully saturated rings. The van der Waals surface area contributed by atoms with Gasteiger partial charge in [-0.3, -0.25) is 0 Å². The van der Waals surface area contributed by atoms with E-state index in [2.05, 4.69) is 91.0 Å². The highest BCUT2D eigenvalue weighted by Crippen LogP contribution is 2.33. The van der Waals surface area contributed by atoms with Crippen LogP contribution in [0.5, 0.6) is 0 Å². The number of halogens is 1. The highest BCUT2D eigenvalue weighted by atomic mass is 32.1. The molecule has 0 unspecified atom stereocenters. The summed E-state index contributed by atoms with van der Waals surface area (Å²) >= 11 is 1.72. The largest absolute Gasteiger partial charge is 0.236 e. The molecule has 1 heterocycles. The van der Waals surface area contributed by atoms with Crippen molar-refractivity contribution in [1.82, 2.24) is 4.98 Å². The van der Waals surface area contributed by atoms with Crippen LogP contribution in [-0.4, -0.2) is 4.98 Å². The summed E-state index contributed by atoms with van der Waals surface area (Å²) in [5.74, 6) is -0.217. The number of thiazole rings is 1. The van der Waals surface area contributed by atoms with E-state index in [0.717, 1.165) is 32.8 Å². The van der Waals surface area contributed by atoms with E-state index in [1.165, 1.54) is 33.5 Å². The molecule has 0 aliphatic carbocycles. The summed E-state index contributed by atoms with van der Waals surface area (Å²) in [6.07, 6.45) is 0. The van der Waals surface area contributed by atoms with E-state index in [0.29, 0.717) is 0 Å². The fourth-order valence-corrected chi connectivity index (χ4v) is 5.15. The van der Waals surface area contributed by atoms with Crippen LogP contribution in [-0.2, 0) is 0 Å². The predicted octanol–water partition coefficient (Wildman–Crippen LogP) is 9.10. The molecule has 0 radical (unpaired) electrons. The second kappa shape index (κ2) is 8.69. The van der Waals surface area contributed by atoms with Gasteiger partial charge in [0.2, 0.25) is 0 Å². The first-order valence-electron chi connectivity index (χ1n) is 11.2. The molecule has 1 nitrogen and oxygen atoms in total. The van der Waals surface area contributed by atoms with Crippen LogP contribution in [0.15, 0.2) is 121 Å². The van der Waals surface area contributed by atoms with Gasteiger partial charge in [-0.15, -0.1) is 11.3 Å². The number of rotatable bonds is 4. The first-order valence-corrected chi connectivity index (χ1v) is 12.0. The molecule has 0 atom stereocenters. The van der Waals surface area contributed by atoms with Gasteiger partial charge in [0, 0.05) is 5.56 Å². The Morgan fingerprint density at radius 3 is 1.56 bits per heavy atom. The molecule has 0 aliphatic heterocycles. The number of hydrogen-bond donors (Lipinski definition) is 0. The third kappa shape index (κ3) is 4.02. The zero-order valence-electron chi connectivity index (χ0n) is 18.3. The Morgan fingerprint density at radius 1 is 0.471 bits per heavy atom. The first-order chi connectivity index (χ1) is 16.7. The van der Waals surface area contributed by atoms with Gasteiger partial charge in [-0.05, 0) is 63.7 Å². The predicted molar refractivity (Wildman–Crippen MR) is 141 cm³/mol. The van der Waals surface area contributed by atoms with Crippen molar-refractivity contribution in [2.75, 3.05) is 0 Å². The highest BCUT2D eigenvalue weighted by Gasteiger charge is 2.07. The number of fused-ring (bicyclic) bond motifs is 1. The van der Waals surface area contributed by atoms with Gasteiger partial charge < -0.3 is 0 Å². The third-order valence-corrected chi connectivity index (χ3v) is 7.10. The van der Waals surface area contributed by atoms with Crippen molar-refractivity contribution >= 4 is 21.6 Å². The molecule has 3 heteroatoms. The summed E-state index contributed by atoms with van der Waals surface area (Å²) in [6.45, 7) is 0. The Hall–Kier alpha value is -4.08. The lowest BCUT2D eigenvalue weighted by Gasteiger charge is -2.08. The maximum Gasteiger partial charge on any atom is 0.124 e. The SMILES string of the molecule is Fc1ccc(-c2ccc(-c3cccc(-c4ccc(-c5nc6ccccc6s5)cc4)c3)cc2)cc1. The lowest BCUT2D eigenvalue weighted by atomic mass is 9.97. The van der Waals surface area contributed by atoms with Gasteiger partial charge in [-0.2, -0.15) is 0 Å². The van der Waals surface area contributed by atoms with Crippen LogP contribution in [0, 0.1) is 5.82 Å². The molecule has 5 aromatic carbocycles. The molecule has 1 aromatic heterocycles. The monoisotopic (exact) mass is 457 g/mol. The summed E-state index contributed by atoms with van der Waals surface area (Å²) in [7, 11) is 0. The van der Waals surface area contributed by atoms with Gasteiger partial charge in [-0.1, -0.05) is 91.0 Å². The van der Waals surface area contributed by atoms with Gasteiger partial charge in [0.1, 0.15) is 10.8 Å². The summed E-state index contributed by atoms with van der Waals surface area (Å²) in [5.41, 5.74) is 8.94. The zero-order chi connectivity index (χ0) is 22.9. The van der Waals surface area contributed by atoms with E-state index < -0.39 is 0 Å².